The number of amides is 1. The lowest BCUT2D eigenvalue weighted by molar-refractivity contribution is -0.164. The maximum Gasteiger partial charge on any atom is 0.407 e. The van der Waals surface area contributed by atoms with Crippen molar-refractivity contribution in [2.45, 2.75) is 60.5 Å². The van der Waals surface area contributed by atoms with Gasteiger partial charge in [-0.15, -0.1) is 0 Å². The molecule has 0 rings (SSSR count). The van der Waals surface area contributed by atoms with Gasteiger partial charge in [0.05, 0.1) is 13.2 Å². The van der Waals surface area contributed by atoms with Gasteiger partial charge in [0.25, 0.3) is 0 Å². The quantitative estimate of drug-likeness (QED) is 0.387. The smallest absolute Gasteiger partial charge is 0.407 e. The highest BCUT2D eigenvalue weighted by molar-refractivity contribution is 5.95. The molecule has 0 bridgehead atoms. The first kappa shape index (κ1) is 23.2. The fourth-order valence-corrected chi connectivity index (χ4v) is 2.42. The van der Waals surface area contributed by atoms with Gasteiger partial charge in [-0.05, 0) is 47.0 Å². The van der Waals surface area contributed by atoms with E-state index in [4.69, 9.17) is 14.2 Å². The summed E-state index contributed by atoms with van der Waals surface area (Å²) in [7, 11) is 0. The molecule has 0 aliphatic rings. The van der Waals surface area contributed by atoms with E-state index in [1.165, 1.54) is 0 Å². The summed E-state index contributed by atoms with van der Waals surface area (Å²) in [5.74, 6) is -2.55. The Bertz CT molecular complexity index is 423. The van der Waals surface area contributed by atoms with Crippen molar-refractivity contribution in [1.29, 1.82) is 0 Å². The standard InChI is InChI=1S/C18H33NO6/c1-8-23-15(20)14(16(21)24-9-2)13(10-12(3)4)11-19-17(22)25-18(5,6)7/h12-14H,8-11H2,1-7H3,(H,19,22). The van der Waals surface area contributed by atoms with E-state index < -0.39 is 35.5 Å². The van der Waals surface area contributed by atoms with E-state index >= 15 is 0 Å². The molecule has 0 spiro atoms. The highest BCUT2D eigenvalue weighted by atomic mass is 16.6. The fraction of sp³-hybridized carbons (Fsp3) is 0.833. The average molecular weight is 359 g/mol. The van der Waals surface area contributed by atoms with Gasteiger partial charge in [-0.1, -0.05) is 13.8 Å². The molecule has 0 radical (unpaired) electrons. The molecule has 0 heterocycles. The third kappa shape index (κ3) is 9.94. The number of hydrogen-bond acceptors (Lipinski definition) is 6. The molecule has 25 heavy (non-hydrogen) atoms. The molecule has 0 aliphatic carbocycles. The lowest BCUT2D eigenvalue weighted by Gasteiger charge is -2.26. The second-order valence-corrected chi connectivity index (χ2v) is 7.25. The van der Waals surface area contributed by atoms with Gasteiger partial charge in [0, 0.05) is 12.5 Å². The van der Waals surface area contributed by atoms with Crippen LogP contribution in [0.1, 0.15) is 54.9 Å². The summed E-state index contributed by atoms with van der Waals surface area (Å²) >= 11 is 0. The van der Waals surface area contributed by atoms with Crippen LogP contribution < -0.4 is 5.32 Å². The molecule has 0 aliphatic heterocycles. The van der Waals surface area contributed by atoms with E-state index in [9.17, 15) is 14.4 Å². The molecule has 1 N–H and O–H groups in total. The van der Waals surface area contributed by atoms with Gasteiger partial charge in [-0.25, -0.2) is 4.79 Å². The molecule has 0 saturated carbocycles. The molecule has 0 fully saturated rings. The molecule has 1 unspecified atom stereocenters. The third-order valence-corrected chi connectivity index (χ3v) is 3.23. The van der Waals surface area contributed by atoms with Crippen LogP contribution in [0.5, 0.6) is 0 Å². The van der Waals surface area contributed by atoms with Crippen LogP contribution in [0.15, 0.2) is 0 Å². The zero-order valence-electron chi connectivity index (χ0n) is 16.5. The van der Waals surface area contributed by atoms with Crippen LogP contribution in [0.2, 0.25) is 0 Å². The van der Waals surface area contributed by atoms with Crippen LogP contribution in [0.25, 0.3) is 0 Å². The van der Waals surface area contributed by atoms with Crippen LogP contribution in [0.4, 0.5) is 4.79 Å². The van der Waals surface area contributed by atoms with Crippen molar-refractivity contribution in [1.82, 2.24) is 5.32 Å². The van der Waals surface area contributed by atoms with Gasteiger partial charge in [-0.2, -0.15) is 0 Å². The van der Waals surface area contributed by atoms with Crippen molar-refractivity contribution >= 4 is 18.0 Å². The Hall–Kier alpha value is -1.79. The van der Waals surface area contributed by atoms with Crippen LogP contribution in [0, 0.1) is 17.8 Å². The number of hydrogen-bond donors (Lipinski definition) is 1. The zero-order valence-corrected chi connectivity index (χ0v) is 16.5. The number of ether oxygens (including phenoxy) is 3. The monoisotopic (exact) mass is 359 g/mol. The van der Waals surface area contributed by atoms with Crippen molar-refractivity contribution in [3.8, 4) is 0 Å². The highest BCUT2D eigenvalue weighted by Gasteiger charge is 2.38. The summed E-state index contributed by atoms with van der Waals surface area (Å²) in [6.07, 6.45) is -0.0364. The Balaban J connectivity index is 5.21. The molecule has 0 aromatic rings. The van der Waals surface area contributed by atoms with Gasteiger partial charge >= 0.3 is 18.0 Å². The van der Waals surface area contributed by atoms with E-state index in [0.717, 1.165) is 0 Å². The van der Waals surface area contributed by atoms with Gasteiger partial charge in [-0.3, -0.25) is 9.59 Å². The first-order valence-electron chi connectivity index (χ1n) is 8.81. The van der Waals surface area contributed by atoms with Crippen molar-refractivity contribution in [2.75, 3.05) is 19.8 Å². The highest BCUT2D eigenvalue weighted by Crippen LogP contribution is 2.23. The number of esters is 2. The van der Waals surface area contributed by atoms with Gasteiger partial charge < -0.3 is 19.5 Å². The van der Waals surface area contributed by atoms with Gasteiger partial charge in [0.1, 0.15) is 5.60 Å². The zero-order chi connectivity index (χ0) is 19.6. The second-order valence-electron chi connectivity index (χ2n) is 7.25. The topological polar surface area (TPSA) is 90.9 Å². The predicted molar refractivity (Wildman–Crippen MR) is 93.9 cm³/mol. The maximum absolute atomic E-state index is 12.3. The molecule has 1 amide bonds. The number of alkyl carbamates (subject to hydrolysis) is 1. The summed E-state index contributed by atoms with van der Waals surface area (Å²) in [6, 6.07) is 0. The van der Waals surface area contributed by atoms with Crippen molar-refractivity contribution in [3.63, 3.8) is 0 Å². The Morgan fingerprint density at radius 1 is 0.960 bits per heavy atom. The number of nitrogens with one attached hydrogen (secondary N) is 1. The van der Waals surface area contributed by atoms with Crippen molar-refractivity contribution < 1.29 is 28.6 Å². The van der Waals surface area contributed by atoms with E-state index in [1.807, 2.05) is 13.8 Å². The summed E-state index contributed by atoms with van der Waals surface area (Å²) < 4.78 is 15.3. The maximum atomic E-state index is 12.3. The SMILES string of the molecule is CCOC(=O)C(C(=O)OCC)C(CNC(=O)OC(C)(C)C)CC(C)C. The summed E-state index contributed by atoms with van der Waals surface area (Å²) in [5.41, 5.74) is -0.626. The molecular weight excluding hydrogens is 326 g/mol. The number of carbonyl (C=O) groups excluding carboxylic acids is 3. The molecule has 0 aromatic heterocycles. The van der Waals surface area contributed by atoms with E-state index in [2.05, 4.69) is 5.32 Å². The predicted octanol–water partition coefficient (Wildman–Crippen LogP) is 2.92. The minimum Gasteiger partial charge on any atom is -0.465 e. The van der Waals surface area contributed by atoms with Gasteiger partial charge in [0.2, 0.25) is 0 Å². The van der Waals surface area contributed by atoms with Crippen LogP contribution >= 0.6 is 0 Å². The Morgan fingerprint density at radius 2 is 1.44 bits per heavy atom. The molecule has 0 saturated heterocycles. The second kappa shape index (κ2) is 10.9. The molecule has 7 nitrogen and oxygen atoms in total. The van der Waals surface area contributed by atoms with Crippen molar-refractivity contribution in [2.24, 2.45) is 17.8 Å². The largest absolute Gasteiger partial charge is 0.465 e. The first-order valence-corrected chi connectivity index (χ1v) is 8.81. The summed E-state index contributed by atoms with van der Waals surface area (Å²) in [5, 5.41) is 2.64. The molecule has 146 valence electrons. The molecular formula is C18H33NO6. The molecule has 0 aromatic carbocycles. The van der Waals surface area contributed by atoms with E-state index in [-0.39, 0.29) is 25.7 Å². The lowest BCUT2D eigenvalue weighted by Crippen LogP contribution is -2.42. The van der Waals surface area contributed by atoms with Crippen LogP contribution in [-0.4, -0.2) is 43.4 Å². The molecule has 7 heteroatoms. The Morgan fingerprint density at radius 3 is 1.80 bits per heavy atom. The normalized spacial score (nSPS) is 12.7. The van der Waals surface area contributed by atoms with Crippen LogP contribution in [-0.2, 0) is 23.8 Å². The summed E-state index contributed by atoms with van der Waals surface area (Å²) in [4.78, 5) is 36.5. The summed E-state index contributed by atoms with van der Waals surface area (Å²) in [6.45, 7) is 13.1. The first-order chi connectivity index (χ1) is 11.5. The van der Waals surface area contributed by atoms with Crippen LogP contribution in [0.3, 0.4) is 0 Å². The number of rotatable bonds is 9. The Kier molecular flexibility index (Phi) is 10.2. The Labute approximate surface area is 150 Å². The fourth-order valence-electron chi connectivity index (χ4n) is 2.42. The molecule has 1 atom stereocenters. The minimum absolute atomic E-state index is 0.120. The van der Waals surface area contributed by atoms with E-state index in [1.54, 1.807) is 34.6 Å². The third-order valence-electron chi connectivity index (χ3n) is 3.23. The van der Waals surface area contributed by atoms with Gasteiger partial charge in [0.15, 0.2) is 5.92 Å². The number of carbonyl (C=O) groups is 3. The van der Waals surface area contributed by atoms with Crippen molar-refractivity contribution in [3.05, 3.63) is 0 Å². The lowest BCUT2D eigenvalue weighted by atomic mass is 9.85. The van der Waals surface area contributed by atoms with E-state index in [0.29, 0.717) is 6.42 Å². The minimum atomic E-state index is -1.07. The average Bonchev–Trinajstić information content (AvgIpc) is 2.43.